The van der Waals surface area contributed by atoms with Crippen LogP contribution in [0.25, 0.3) is 0 Å². The molecule has 0 aromatic carbocycles. The summed E-state index contributed by atoms with van der Waals surface area (Å²) in [4.78, 5) is 11.2. The van der Waals surface area contributed by atoms with Crippen molar-refractivity contribution in [1.82, 2.24) is 5.32 Å². The molecule has 144 valence electrons. The molecule has 0 spiro atoms. The Morgan fingerprint density at radius 3 is 2.29 bits per heavy atom. The molecule has 0 saturated heterocycles. The van der Waals surface area contributed by atoms with Crippen molar-refractivity contribution in [3.63, 3.8) is 0 Å². The molecule has 0 aliphatic rings. The lowest BCUT2D eigenvalue weighted by molar-refractivity contribution is -0.196. The van der Waals surface area contributed by atoms with Crippen molar-refractivity contribution in [2.24, 2.45) is 17.8 Å². The standard InChI is InChI=1S/C18H37NO5/c1-6-7-13(2)8-9-23-18(24-12-14(3)11-20)17(15(4)21)10-19-16(5)22/h13-15,17-18,20-21H,6-12H2,1-5H3,(H,19,22)/t13?,14?,15-,17?,18-/m1/s1. The number of amides is 1. The highest BCUT2D eigenvalue weighted by molar-refractivity contribution is 5.72. The number of carbonyl (C=O) groups is 1. The van der Waals surface area contributed by atoms with E-state index in [1.165, 1.54) is 6.92 Å². The van der Waals surface area contributed by atoms with Gasteiger partial charge in [-0.2, -0.15) is 0 Å². The van der Waals surface area contributed by atoms with Crippen LogP contribution in [0.3, 0.4) is 0 Å². The van der Waals surface area contributed by atoms with Gasteiger partial charge in [-0.05, 0) is 19.3 Å². The minimum atomic E-state index is -0.681. The monoisotopic (exact) mass is 347 g/mol. The topological polar surface area (TPSA) is 88.0 Å². The smallest absolute Gasteiger partial charge is 0.216 e. The third-order valence-electron chi connectivity index (χ3n) is 4.09. The Kier molecular flexibility index (Phi) is 13.2. The summed E-state index contributed by atoms with van der Waals surface area (Å²) >= 11 is 0. The van der Waals surface area contributed by atoms with E-state index in [-0.39, 0.29) is 30.9 Å². The summed E-state index contributed by atoms with van der Waals surface area (Å²) in [6.45, 7) is 10.6. The molecule has 3 N–H and O–H groups in total. The lowest BCUT2D eigenvalue weighted by Gasteiger charge is -2.30. The molecular weight excluding hydrogens is 310 g/mol. The quantitative estimate of drug-likeness (QED) is 0.418. The molecule has 1 amide bonds. The fourth-order valence-corrected chi connectivity index (χ4v) is 2.39. The van der Waals surface area contributed by atoms with E-state index in [1.807, 2.05) is 6.92 Å². The van der Waals surface area contributed by atoms with Gasteiger partial charge in [0.05, 0.1) is 25.2 Å². The van der Waals surface area contributed by atoms with Crippen molar-refractivity contribution in [3.05, 3.63) is 0 Å². The van der Waals surface area contributed by atoms with Gasteiger partial charge in [-0.3, -0.25) is 4.79 Å². The van der Waals surface area contributed by atoms with E-state index in [0.29, 0.717) is 19.1 Å². The van der Waals surface area contributed by atoms with Crippen molar-refractivity contribution in [2.45, 2.75) is 66.3 Å². The van der Waals surface area contributed by atoms with Crippen molar-refractivity contribution in [2.75, 3.05) is 26.4 Å². The maximum absolute atomic E-state index is 11.2. The van der Waals surface area contributed by atoms with Gasteiger partial charge >= 0.3 is 0 Å². The lowest BCUT2D eigenvalue weighted by atomic mass is 10.0. The molecule has 5 atom stereocenters. The SMILES string of the molecule is CCCC(C)CCO[C@H](OCC(C)CO)C(CNC(C)=O)[C@@H](C)O. The third-order valence-corrected chi connectivity index (χ3v) is 4.09. The molecule has 6 heteroatoms. The van der Waals surface area contributed by atoms with Crippen LogP contribution in [0.15, 0.2) is 0 Å². The summed E-state index contributed by atoms with van der Waals surface area (Å²) in [5.74, 6) is 0.0545. The molecule has 0 fully saturated rings. The van der Waals surface area contributed by atoms with E-state index in [9.17, 15) is 9.90 Å². The first-order valence-corrected chi connectivity index (χ1v) is 9.08. The molecule has 0 bridgehead atoms. The molecule has 0 saturated carbocycles. The van der Waals surface area contributed by atoms with Gasteiger partial charge in [0.1, 0.15) is 0 Å². The van der Waals surface area contributed by atoms with E-state index in [4.69, 9.17) is 14.6 Å². The van der Waals surface area contributed by atoms with E-state index in [1.54, 1.807) is 6.92 Å². The van der Waals surface area contributed by atoms with Crippen LogP contribution in [0.2, 0.25) is 0 Å². The second kappa shape index (κ2) is 13.6. The normalized spacial score (nSPS) is 17.8. The number of aliphatic hydroxyl groups excluding tert-OH is 2. The Bertz CT molecular complexity index is 325. The zero-order chi connectivity index (χ0) is 18.5. The Hall–Kier alpha value is -0.690. The maximum atomic E-state index is 11.2. The highest BCUT2D eigenvalue weighted by atomic mass is 16.7. The molecule has 3 unspecified atom stereocenters. The summed E-state index contributed by atoms with van der Waals surface area (Å²) in [5, 5.41) is 21.9. The Morgan fingerprint density at radius 2 is 1.79 bits per heavy atom. The number of aliphatic hydroxyl groups is 2. The Balaban J connectivity index is 4.69. The van der Waals surface area contributed by atoms with Gasteiger partial charge in [-0.15, -0.1) is 0 Å². The lowest BCUT2D eigenvalue weighted by Crippen LogP contribution is -2.43. The van der Waals surface area contributed by atoms with Crippen LogP contribution in [0.1, 0.15) is 53.9 Å². The highest BCUT2D eigenvalue weighted by Crippen LogP contribution is 2.18. The number of nitrogens with one attached hydrogen (secondary N) is 1. The van der Waals surface area contributed by atoms with Crippen LogP contribution < -0.4 is 5.32 Å². The first kappa shape index (κ1) is 23.3. The molecule has 24 heavy (non-hydrogen) atoms. The summed E-state index contributed by atoms with van der Waals surface area (Å²) < 4.78 is 11.7. The third kappa shape index (κ3) is 11.0. The van der Waals surface area contributed by atoms with Crippen LogP contribution in [0, 0.1) is 17.8 Å². The zero-order valence-corrected chi connectivity index (χ0v) is 16.0. The molecule has 0 rings (SSSR count). The Labute approximate surface area is 146 Å². The number of carbonyl (C=O) groups excluding carboxylic acids is 1. The molecule has 0 radical (unpaired) electrons. The second-order valence-electron chi connectivity index (χ2n) is 6.88. The summed E-state index contributed by atoms with van der Waals surface area (Å²) in [6.07, 6.45) is 1.94. The van der Waals surface area contributed by atoms with Gasteiger partial charge in [0.15, 0.2) is 6.29 Å². The van der Waals surface area contributed by atoms with Gasteiger partial charge < -0.3 is 25.0 Å². The fraction of sp³-hybridized carbons (Fsp3) is 0.944. The molecule has 0 aromatic rings. The molecule has 0 aliphatic carbocycles. The van der Waals surface area contributed by atoms with Crippen molar-refractivity contribution < 1.29 is 24.5 Å². The number of hydrogen-bond donors (Lipinski definition) is 3. The number of hydrogen-bond acceptors (Lipinski definition) is 5. The minimum absolute atomic E-state index is 0.00877. The van der Waals surface area contributed by atoms with Gasteiger partial charge in [0.2, 0.25) is 5.91 Å². The van der Waals surface area contributed by atoms with Gasteiger partial charge in [0.25, 0.3) is 0 Å². The minimum Gasteiger partial charge on any atom is -0.396 e. The first-order chi connectivity index (χ1) is 11.3. The van der Waals surface area contributed by atoms with E-state index < -0.39 is 12.4 Å². The van der Waals surface area contributed by atoms with Crippen LogP contribution in [0.4, 0.5) is 0 Å². The average molecular weight is 347 g/mol. The van der Waals surface area contributed by atoms with Crippen LogP contribution in [0.5, 0.6) is 0 Å². The molecule has 0 heterocycles. The average Bonchev–Trinajstić information content (AvgIpc) is 2.51. The predicted octanol–water partition coefficient (Wildman–Crippen LogP) is 1.93. The van der Waals surface area contributed by atoms with Gasteiger partial charge in [-0.25, -0.2) is 0 Å². The first-order valence-electron chi connectivity index (χ1n) is 9.08. The van der Waals surface area contributed by atoms with Crippen molar-refractivity contribution >= 4 is 5.91 Å². The highest BCUT2D eigenvalue weighted by Gasteiger charge is 2.28. The largest absolute Gasteiger partial charge is 0.396 e. The van der Waals surface area contributed by atoms with Crippen molar-refractivity contribution in [1.29, 1.82) is 0 Å². The van der Waals surface area contributed by atoms with Gasteiger partial charge in [0, 0.05) is 26.0 Å². The van der Waals surface area contributed by atoms with Crippen LogP contribution in [-0.2, 0) is 14.3 Å². The summed E-state index contributed by atoms with van der Waals surface area (Å²) in [5.41, 5.74) is 0. The molecule has 0 aliphatic heterocycles. The van der Waals surface area contributed by atoms with Crippen molar-refractivity contribution in [3.8, 4) is 0 Å². The summed E-state index contributed by atoms with van der Waals surface area (Å²) in [7, 11) is 0. The second-order valence-corrected chi connectivity index (χ2v) is 6.88. The predicted molar refractivity (Wildman–Crippen MR) is 94.5 cm³/mol. The number of ether oxygens (including phenoxy) is 2. The van der Waals surface area contributed by atoms with E-state index >= 15 is 0 Å². The van der Waals surface area contributed by atoms with E-state index in [0.717, 1.165) is 19.3 Å². The van der Waals surface area contributed by atoms with Crippen LogP contribution >= 0.6 is 0 Å². The van der Waals surface area contributed by atoms with Crippen LogP contribution in [-0.4, -0.2) is 54.9 Å². The van der Waals surface area contributed by atoms with E-state index in [2.05, 4.69) is 19.2 Å². The summed E-state index contributed by atoms with van der Waals surface area (Å²) in [6, 6.07) is 0. The number of rotatable bonds is 14. The fourth-order valence-electron chi connectivity index (χ4n) is 2.39. The Morgan fingerprint density at radius 1 is 1.12 bits per heavy atom. The van der Waals surface area contributed by atoms with Gasteiger partial charge in [-0.1, -0.05) is 33.6 Å². The maximum Gasteiger partial charge on any atom is 0.216 e. The molecule has 0 aromatic heterocycles. The molecule has 6 nitrogen and oxygen atoms in total. The zero-order valence-electron chi connectivity index (χ0n) is 16.0. The molecular formula is C18H37NO5.